The number of fused-ring (bicyclic) bond motifs is 4. The maximum Gasteiger partial charge on any atom is 0.209 e. The van der Waals surface area contributed by atoms with Crippen LogP contribution in [-0.4, -0.2) is 34.5 Å². The number of anilines is 1. The van der Waals surface area contributed by atoms with E-state index in [0.29, 0.717) is 24.3 Å². The monoisotopic (exact) mass is 490 g/mol. The molecule has 7 nitrogen and oxygen atoms in total. The highest BCUT2D eigenvalue weighted by atomic mass is 16.5. The number of hydrogen-bond donors (Lipinski definition) is 2. The number of imidazole rings is 1. The first-order chi connectivity index (χ1) is 18.2. The van der Waals surface area contributed by atoms with Gasteiger partial charge in [-0.25, -0.2) is 4.98 Å². The Hall–Kier alpha value is -4.52. The van der Waals surface area contributed by atoms with Crippen LogP contribution in [0.4, 0.5) is 5.95 Å². The summed E-state index contributed by atoms with van der Waals surface area (Å²) in [7, 11) is 3.26. The van der Waals surface area contributed by atoms with Gasteiger partial charge in [-0.15, -0.1) is 0 Å². The van der Waals surface area contributed by atoms with Crippen LogP contribution in [0, 0.1) is 0 Å². The van der Waals surface area contributed by atoms with Gasteiger partial charge in [0.1, 0.15) is 0 Å². The van der Waals surface area contributed by atoms with E-state index < -0.39 is 0 Å². The number of carbonyl (C=O) groups excluding carboxylic acids is 1. The molecule has 2 aromatic heterocycles. The van der Waals surface area contributed by atoms with Gasteiger partial charge in [-0.2, -0.15) is 0 Å². The first kappa shape index (κ1) is 21.7. The molecule has 0 saturated carbocycles. The van der Waals surface area contributed by atoms with Crippen LogP contribution in [0.2, 0.25) is 0 Å². The van der Waals surface area contributed by atoms with Crippen LogP contribution in [0.25, 0.3) is 21.9 Å². The van der Waals surface area contributed by atoms with Crippen LogP contribution in [0.5, 0.6) is 11.5 Å². The van der Waals surface area contributed by atoms with Gasteiger partial charge in [0.2, 0.25) is 5.95 Å². The normalized spacial score (nSPS) is 19.0. The molecule has 3 aromatic carbocycles. The van der Waals surface area contributed by atoms with Gasteiger partial charge in [0.15, 0.2) is 17.3 Å². The Morgan fingerprint density at radius 3 is 2.62 bits per heavy atom. The number of nitrogens with zero attached hydrogens (tertiary/aromatic N) is 2. The molecule has 5 aromatic rings. The minimum Gasteiger partial charge on any atom is -0.493 e. The number of H-pyrrole nitrogens is 1. The number of aromatic amines is 1. The second-order valence-electron chi connectivity index (χ2n) is 9.65. The predicted molar refractivity (Wildman–Crippen MR) is 143 cm³/mol. The van der Waals surface area contributed by atoms with E-state index in [-0.39, 0.29) is 17.7 Å². The lowest BCUT2D eigenvalue weighted by Crippen LogP contribution is -2.33. The summed E-state index contributed by atoms with van der Waals surface area (Å²) in [5, 5.41) is 4.67. The summed E-state index contributed by atoms with van der Waals surface area (Å²) >= 11 is 0. The summed E-state index contributed by atoms with van der Waals surface area (Å²) in [5.41, 5.74) is 6.84. The SMILES string of the molecule is COc1ccc([C@@H]2CC(=O)C3=C(C2)Nc2nc4ccccc4n2[C@@H]3c2c[nH]c3ccccc23)cc1OC. The second-order valence-corrected chi connectivity index (χ2v) is 9.65. The predicted octanol–water partition coefficient (Wildman–Crippen LogP) is 5.95. The standard InChI is InChI=1S/C30H26N4O3/c1-36-26-12-11-17(15-27(26)37-2)18-13-23-28(25(35)14-18)29(20-16-31-21-8-4-3-7-19(20)21)34-24-10-6-5-9-22(24)32-30(34)33-23/h3-12,15-16,18,29,31H,13-14H2,1-2H3,(H,32,33)/t18-,29+/m0/s1. The van der Waals surface area contributed by atoms with Crippen LogP contribution in [0.3, 0.4) is 0 Å². The molecule has 0 spiro atoms. The van der Waals surface area contributed by atoms with Gasteiger partial charge in [-0.05, 0) is 48.2 Å². The molecule has 1 aliphatic carbocycles. The molecular weight excluding hydrogens is 464 g/mol. The number of para-hydroxylation sites is 3. The first-order valence-corrected chi connectivity index (χ1v) is 12.4. The van der Waals surface area contributed by atoms with Crippen molar-refractivity contribution in [3.63, 3.8) is 0 Å². The molecule has 0 saturated heterocycles. The van der Waals surface area contributed by atoms with Gasteiger partial charge < -0.3 is 19.8 Å². The molecule has 0 amide bonds. The molecule has 184 valence electrons. The van der Waals surface area contributed by atoms with Crippen molar-refractivity contribution in [3.8, 4) is 11.5 Å². The van der Waals surface area contributed by atoms with Crippen molar-refractivity contribution < 1.29 is 14.3 Å². The number of ether oxygens (including phenoxy) is 2. The first-order valence-electron chi connectivity index (χ1n) is 12.4. The molecule has 0 bridgehead atoms. The third-order valence-corrected chi connectivity index (χ3v) is 7.69. The minimum atomic E-state index is -0.270. The summed E-state index contributed by atoms with van der Waals surface area (Å²) < 4.78 is 13.1. The third-order valence-electron chi connectivity index (χ3n) is 7.69. The summed E-state index contributed by atoms with van der Waals surface area (Å²) in [5.74, 6) is 2.28. The average molecular weight is 491 g/mol. The van der Waals surface area contributed by atoms with E-state index in [1.165, 1.54) is 0 Å². The van der Waals surface area contributed by atoms with Crippen molar-refractivity contribution in [1.29, 1.82) is 0 Å². The molecule has 2 aliphatic rings. The van der Waals surface area contributed by atoms with Crippen LogP contribution >= 0.6 is 0 Å². The zero-order chi connectivity index (χ0) is 25.1. The quantitative estimate of drug-likeness (QED) is 0.325. The van der Waals surface area contributed by atoms with Gasteiger partial charge in [-0.1, -0.05) is 36.4 Å². The second kappa shape index (κ2) is 8.27. The van der Waals surface area contributed by atoms with Crippen molar-refractivity contribution in [2.24, 2.45) is 0 Å². The van der Waals surface area contributed by atoms with Crippen molar-refractivity contribution >= 4 is 33.7 Å². The summed E-state index contributed by atoms with van der Waals surface area (Å²) in [6, 6.07) is 22.0. The Labute approximate surface area is 213 Å². The number of rotatable bonds is 4. The molecule has 0 radical (unpaired) electrons. The molecule has 0 fully saturated rings. The highest BCUT2D eigenvalue weighted by molar-refractivity contribution is 6.02. The van der Waals surface area contributed by atoms with E-state index in [4.69, 9.17) is 14.5 Å². The number of hydrogen-bond acceptors (Lipinski definition) is 5. The maximum atomic E-state index is 14.0. The average Bonchev–Trinajstić information content (AvgIpc) is 3.52. The van der Waals surface area contributed by atoms with E-state index in [2.05, 4.69) is 33.1 Å². The highest BCUT2D eigenvalue weighted by Gasteiger charge is 2.40. The molecule has 2 N–H and O–H groups in total. The van der Waals surface area contributed by atoms with E-state index in [9.17, 15) is 4.79 Å². The van der Waals surface area contributed by atoms with Crippen molar-refractivity contribution in [2.75, 3.05) is 19.5 Å². The zero-order valence-electron chi connectivity index (χ0n) is 20.6. The Kier molecular flexibility index (Phi) is 4.86. The topological polar surface area (TPSA) is 81.2 Å². The molecule has 1 aliphatic heterocycles. The van der Waals surface area contributed by atoms with Gasteiger partial charge in [0, 0.05) is 40.4 Å². The lowest BCUT2D eigenvalue weighted by molar-refractivity contribution is -0.116. The van der Waals surface area contributed by atoms with Crippen molar-refractivity contribution in [1.82, 2.24) is 14.5 Å². The number of allylic oxidation sites excluding steroid dienone is 2. The molecule has 2 atom stereocenters. The smallest absolute Gasteiger partial charge is 0.209 e. The number of carbonyl (C=O) groups is 1. The van der Waals surface area contributed by atoms with E-state index >= 15 is 0 Å². The highest BCUT2D eigenvalue weighted by Crippen LogP contribution is 2.47. The van der Waals surface area contributed by atoms with Crippen molar-refractivity contribution in [2.45, 2.75) is 24.8 Å². The van der Waals surface area contributed by atoms with Gasteiger partial charge in [-0.3, -0.25) is 9.36 Å². The number of nitrogens with one attached hydrogen (secondary N) is 2. The van der Waals surface area contributed by atoms with Crippen LogP contribution in [0.15, 0.2) is 84.2 Å². The maximum absolute atomic E-state index is 14.0. The van der Waals surface area contributed by atoms with Crippen LogP contribution < -0.4 is 14.8 Å². The van der Waals surface area contributed by atoms with Crippen LogP contribution in [0.1, 0.15) is 35.9 Å². The lowest BCUT2D eigenvalue weighted by atomic mass is 9.77. The fourth-order valence-electron chi connectivity index (χ4n) is 5.98. The Morgan fingerprint density at radius 2 is 1.76 bits per heavy atom. The largest absolute Gasteiger partial charge is 0.493 e. The lowest BCUT2D eigenvalue weighted by Gasteiger charge is -2.36. The van der Waals surface area contributed by atoms with Crippen LogP contribution in [-0.2, 0) is 4.79 Å². The fraction of sp³-hybridized carbons (Fsp3) is 0.200. The molecule has 7 rings (SSSR count). The van der Waals surface area contributed by atoms with E-state index in [1.54, 1.807) is 14.2 Å². The van der Waals surface area contributed by atoms with Gasteiger partial charge in [0.25, 0.3) is 0 Å². The Balaban J connectivity index is 1.39. The molecule has 0 unspecified atom stereocenters. The Bertz CT molecular complexity index is 1730. The summed E-state index contributed by atoms with van der Waals surface area (Å²) in [6.07, 6.45) is 3.17. The molecular formula is C30H26N4O3. The molecule has 7 heteroatoms. The minimum absolute atomic E-state index is 0.0260. The van der Waals surface area contributed by atoms with Gasteiger partial charge in [0.05, 0.1) is 31.3 Å². The molecule has 3 heterocycles. The summed E-state index contributed by atoms with van der Waals surface area (Å²) in [4.78, 5) is 22.3. The van der Waals surface area contributed by atoms with E-state index in [0.717, 1.165) is 50.3 Å². The number of Topliss-reactive ketones (excluding diaryl/α,β-unsaturated/α-hetero) is 1. The molecule has 37 heavy (non-hydrogen) atoms. The number of aromatic nitrogens is 3. The number of benzene rings is 3. The zero-order valence-corrected chi connectivity index (χ0v) is 20.6. The summed E-state index contributed by atoms with van der Waals surface area (Å²) in [6.45, 7) is 0. The number of methoxy groups -OCH3 is 2. The fourth-order valence-corrected chi connectivity index (χ4v) is 5.98. The van der Waals surface area contributed by atoms with Gasteiger partial charge >= 0.3 is 0 Å². The Morgan fingerprint density at radius 1 is 0.946 bits per heavy atom. The van der Waals surface area contributed by atoms with Crippen molar-refractivity contribution in [3.05, 3.63) is 95.3 Å². The number of ketones is 1. The van der Waals surface area contributed by atoms with E-state index in [1.807, 2.05) is 54.7 Å². The third kappa shape index (κ3) is 3.27.